The predicted molar refractivity (Wildman–Crippen MR) is 53.6 cm³/mol. The van der Waals surface area contributed by atoms with Gasteiger partial charge in [-0.3, -0.25) is 9.00 Å². The maximum atomic E-state index is 11.5. The van der Waals surface area contributed by atoms with Gasteiger partial charge >= 0.3 is 35.5 Å². The fourth-order valence-corrected chi connectivity index (χ4v) is 1.60. The molecule has 1 heterocycles. The van der Waals surface area contributed by atoms with Crippen LogP contribution in [-0.2, 0) is 27.7 Å². The van der Waals surface area contributed by atoms with E-state index >= 15 is 0 Å². The zero-order valence-electron chi connectivity index (χ0n) is 9.76. The van der Waals surface area contributed by atoms with Gasteiger partial charge in [-0.25, -0.2) is 4.79 Å². The number of Topliss-reactive ketones (excluding diaryl/α,β-unsaturated/α-hetero) is 1. The molecule has 1 unspecified atom stereocenters. The van der Waals surface area contributed by atoms with Crippen LogP contribution in [-0.4, -0.2) is 31.7 Å². The van der Waals surface area contributed by atoms with Crippen LogP contribution in [0.4, 0.5) is 0 Å². The van der Waals surface area contributed by atoms with E-state index in [2.05, 4.69) is 4.74 Å². The third-order valence-corrected chi connectivity index (χ3v) is 2.47. The van der Waals surface area contributed by atoms with Gasteiger partial charge in [0.25, 0.3) is 5.78 Å². The number of rotatable bonds is 4. The zero-order valence-corrected chi connectivity index (χ0v) is 12.6. The quantitative estimate of drug-likeness (QED) is 0.191. The average Bonchev–Trinajstić information content (AvgIpc) is 2.60. The molecule has 0 N–H and O–H groups in total. The Labute approximate surface area is 123 Å². The molecular formula is C9H10NNaO5S. The normalized spacial score (nSPS) is 11.5. The second kappa shape index (κ2) is 7.07. The van der Waals surface area contributed by atoms with Crippen molar-refractivity contribution >= 4 is 22.8 Å². The van der Waals surface area contributed by atoms with Crippen LogP contribution in [0.15, 0.2) is 17.2 Å². The van der Waals surface area contributed by atoms with Crippen LogP contribution in [0.3, 0.4) is 0 Å². The summed E-state index contributed by atoms with van der Waals surface area (Å²) in [6.07, 6.45) is 1.25. The third kappa shape index (κ3) is 4.04. The van der Waals surface area contributed by atoms with Crippen LogP contribution in [0.25, 0.3) is 0 Å². The van der Waals surface area contributed by atoms with Gasteiger partial charge in [-0.15, -0.1) is 0 Å². The molecule has 0 bridgehead atoms. The summed E-state index contributed by atoms with van der Waals surface area (Å²) in [6, 6.07) is 1.13. The number of hydrogen-bond acceptors (Lipinski definition) is 5. The van der Waals surface area contributed by atoms with Gasteiger partial charge in [-0.1, -0.05) is 0 Å². The van der Waals surface area contributed by atoms with E-state index in [4.69, 9.17) is 0 Å². The smallest absolute Gasteiger partial charge is 0.768 e. The van der Waals surface area contributed by atoms with E-state index in [0.29, 0.717) is 0 Å². The summed E-state index contributed by atoms with van der Waals surface area (Å²) in [6.45, 7) is 1.67. The van der Waals surface area contributed by atoms with Crippen LogP contribution >= 0.6 is 0 Å². The van der Waals surface area contributed by atoms with Crippen molar-refractivity contribution in [2.45, 2.75) is 11.8 Å². The van der Waals surface area contributed by atoms with E-state index in [9.17, 15) is 18.4 Å². The molecule has 1 aromatic rings. The topological polar surface area (TPSA) is 88.4 Å². The van der Waals surface area contributed by atoms with Gasteiger partial charge in [0, 0.05) is 18.1 Å². The number of aromatic nitrogens is 1. The summed E-state index contributed by atoms with van der Waals surface area (Å²) in [5.41, 5.74) is -0.0161. The number of hydrogen-bond donors (Lipinski definition) is 0. The first-order valence-electron chi connectivity index (χ1n) is 4.44. The number of ether oxygens (including phenoxy) is 1. The third-order valence-electron chi connectivity index (χ3n) is 1.87. The summed E-state index contributed by atoms with van der Waals surface area (Å²) >= 11 is -2.43. The van der Waals surface area contributed by atoms with Crippen molar-refractivity contribution in [1.82, 2.24) is 4.57 Å². The fraction of sp³-hybridized carbons (Fsp3) is 0.333. The Balaban J connectivity index is 0.00000256. The number of aryl methyl sites for hydroxylation is 1. The Morgan fingerprint density at radius 1 is 1.53 bits per heavy atom. The minimum atomic E-state index is -2.43. The van der Waals surface area contributed by atoms with Crippen LogP contribution in [0.5, 0.6) is 0 Å². The average molecular weight is 267 g/mol. The van der Waals surface area contributed by atoms with Gasteiger partial charge in [-0.2, -0.15) is 0 Å². The second-order valence-corrected chi connectivity index (χ2v) is 3.90. The fourth-order valence-electron chi connectivity index (χ4n) is 1.15. The van der Waals surface area contributed by atoms with Crippen molar-refractivity contribution in [3.05, 3.63) is 18.0 Å². The minimum Gasteiger partial charge on any atom is -0.768 e. The number of ketones is 1. The maximum absolute atomic E-state index is 11.5. The van der Waals surface area contributed by atoms with Gasteiger partial charge < -0.3 is 13.9 Å². The molecule has 0 radical (unpaired) electrons. The molecule has 8 heteroatoms. The number of carbonyl (C=O) groups excluding carboxylic acids is 2. The molecule has 0 saturated carbocycles. The van der Waals surface area contributed by atoms with Gasteiger partial charge in [0.1, 0.15) is 0 Å². The molecule has 0 saturated heterocycles. The summed E-state index contributed by atoms with van der Waals surface area (Å²) in [5, 5.41) is 0. The van der Waals surface area contributed by atoms with E-state index in [1.807, 2.05) is 0 Å². The Morgan fingerprint density at radius 2 is 2.12 bits per heavy atom. The van der Waals surface area contributed by atoms with E-state index in [1.165, 1.54) is 17.8 Å². The second-order valence-electron chi connectivity index (χ2n) is 2.96. The Morgan fingerprint density at radius 3 is 2.53 bits per heavy atom. The molecule has 0 fully saturated rings. The Kier molecular flexibility index (Phi) is 6.88. The molecule has 0 aliphatic rings. The molecule has 6 nitrogen and oxygen atoms in total. The van der Waals surface area contributed by atoms with Crippen molar-refractivity contribution in [3.8, 4) is 0 Å². The predicted octanol–water partition coefficient (Wildman–Crippen LogP) is -2.99. The molecule has 0 aromatic carbocycles. The molecule has 0 amide bonds. The first-order chi connectivity index (χ1) is 7.47. The molecule has 1 rings (SSSR count). The molecule has 0 aliphatic heterocycles. The standard InChI is InChI=1S/C9H11NO5S.Na/c1-3-15-9(12)8(11)7-4-6(16(13)14)5-10(7)2;/h4-5H,3H2,1-2H3,(H,13,14);/q;+1/p-1. The zero-order chi connectivity index (χ0) is 12.3. The van der Waals surface area contributed by atoms with Gasteiger partial charge in [0.05, 0.1) is 12.3 Å². The SMILES string of the molecule is CCOC(=O)C(=O)c1cc(S(=O)[O-])cn1C.[Na+]. The monoisotopic (exact) mass is 267 g/mol. The van der Waals surface area contributed by atoms with Crippen LogP contribution in [0.2, 0.25) is 0 Å². The number of esters is 1. The van der Waals surface area contributed by atoms with Crippen LogP contribution in [0.1, 0.15) is 17.4 Å². The largest absolute Gasteiger partial charge is 1.00 e. The summed E-state index contributed by atoms with van der Waals surface area (Å²) in [7, 11) is 1.48. The maximum Gasteiger partial charge on any atom is 1.00 e. The van der Waals surface area contributed by atoms with Crippen molar-refractivity contribution in [1.29, 1.82) is 0 Å². The Hall–Kier alpha value is -0.470. The molecule has 17 heavy (non-hydrogen) atoms. The van der Waals surface area contributed by atoms with E-state index in [-0.39, 0.29) is 46.8 Å². The van der Waals surface area contributed by atoms with Crippen molar-refractivity contribution in [2.75, 3.05) is 6.61 Å². The van der Waals surface area contributed by atoms with E-state index in [1.54, 1.807) is 6.92 Å². The van der Waals surface area contributed by atoms with Crippen LogP contribution < -0.4 is 29.6 Å². The van der Waals surface area contributed by atoms with E-state index < -0.39 is 22.8 Å². The van der Waals surface area contributed by atoms with Crippen molar-refractivity contribution < 1.29 is 52.6 Å². The Bertz CT molecular complexity index is 456. The van der Waals surface area contributed by atoms with Gasteiger partial charge in [0.15, 0.2) is 0 Å². The summed E-state index contributed by atoms with van der Waals surface area (Å²) in [5.74, 6) is -1.85. The molecule has 88 valence electrons. The first kappa shape index (κ1) is 16.5. The van der Waals surface area contributed by atoms with Crippen molar-refractivity contribution in [2.24, 2.45) is 7.05 Å². The molecular weight excluding hydrogens is 257 g/mol. The molecule has 1 atom stereocenters. The van der Waals surface area contributed by atoms with Crippen molar-refractivity contribution in [3.63, 3.8) is 0 Å². The van der Waals surface area contributed by atoms with Crippen LogP contribution in [0, 0.1) is 0 Å². The van der Waals surface area contributed by atoms with Gasteiger partial charge in [-0.05, 0) is 24.1 Å². The van der Waals surface area contributed by atoms with E-state index in [0.717, 1.165) is 6.07 Å². The molecule has 0 aliphatic carbocycles. The molecule has 1 aromatic heterocycles. The number of nitrogens with zero attached hydrogens (tertiary/aromatic N) is 1. The molecule has 0 spiro atoms. The van der Waals surface area contributed by atoms with Gasteiger partial charge in [0.2, 0.25) is 0 Å². The summed E-state index contributed by atoms with van der Waals surface area (Å²) < 4.78 is 27.1. The number of carbonyl (C=O) groups is 2. The summed E-state index contributed by atoms with van der Waals surface area (Å²) in [4.78, 5) is 22.6. The first-order valence-corrected chi connectivity index (χ1v) is 5.52. The minimum absolute atomic E-state index is 0.